The number of amides is 3. The summed E-state index contributed by atoms with van der Waals surface area (Å²) in [5.41, 5.74) is -0.296. The number of carbonyl (C=O) groups is 2. The summed E-state index contributed by atoms with van der Waals surface area (Å²) in [6.45, 7) is 3.26. The number of imide groups is 1. The molecule has 0 atom stereocenters. The summed E-state index contributed by atoms with van der Waals surface area (Å²) in [6, 6.07) is 8.12. The van der Waals surface area contributed by atoms with Crippen molar-refractivity contribution < 1.29 is 18.7 Å². The Balaban J connectivity index is 1.63. The van der Waals surface area contributed by atoms with Crippen molar-refractivity contribution in [3.05, 3.63) is 42.9 Å². The van der Waals surface area contributed by atoms with Gasteiger partial charge in [0.15, 0.2) is 5.82 Å². The van der Waals surface area contributed by atoms with E-state index in [0.717, 1.165) is 10.3 Å². The predicted octanol–water partition coefficient (Wildman–Crippen LogP) is 2.85. The van der Waals surface area contributed by atoms with Gasteiger partial charge in [-0.25, -0.2) is 19.7 Å². The summed E-state index contributed by atoms with van der Waals surface area (Å²) < 4.78 is 11.0. The van der Waals surface area contributed by atoms with Crippen molar-refractivity contribution in [2.75, 3.05) is 4.90 Å². The SMILES string of the molecule is CC1(C)NC(=O)N(c2cc(Oc3ccc4ccoc4c3)ncn2)C1=O. The van der Waals surface area contributed by atoms with Crippen molar-refractivity contribution in [2.45, 2.75) is 19.4 Å². The third kappa shape index (κ3) is 2.57. The van der Waals surface area contributed by atoms with Gasteiger partial charge in [0.25, 0.3) is 5.91 Å². The number of benzene rings is 1. The highest BCUT2D eigenvalue weighted by Gasteiger charge is 2.45. The molecular formula is C17H14N4O4. The van der Waals surface area contributed by atoms with Crippen molar-refractivity contribution in [2.24, 2.45) is 0 Å². The summed E-state index contributed by atoms with van der Waals surface area (Å²) in [7, 11) is 0. The monoisotopic (exact) mass is 338 g/mol. The molecule has 3 aromatic rings. The topological polar surface area (TPSA) is 97.6 Å². The number of fused-ring (bicyclic) bond motifs is 1. The molecule has 1 saturated heterocycles. The van der Waals surface area contributed by atoms with Gasteiger partial charge in [-0.05, 0) is 32.0 Å². The van der Waals surface area contributed by atoms with Crippen molar-refractivity contribution >= 4 is 28.7 Å². The van der Waals surface area contributed by atoms with Crippen LogP contribution in [0.4, 0.5) is 10.6 Å². The third-order valence-corrected chi connectivity index (χ3v) is 3.87. The Labute approximate surface area is 142 Å². The van der Waals surface area contributed by atoms with Crippen LogP contribution in [0.1, 0.15) is 13.8 Å². The summed E-state index contributed by atoms with van der Waals surface area (Å²) >= 11 is 0. The van der Waals surface area contributed by atoms with Gasteiger partial charge in [0.2, 0.25) is 5.88 Å². The molecule has 1 N–H and O–H groups in total. The van der Waals surface area contributed by atoms with Crippen LogP contribution in [0.5, 0.6) is 11.6 Å². The van der Waals surface area contributed by atoms with E-state index in [9.17, 15) is 9.59 Å². The molecule has 0 saturated carbocycles. The summed E-state index contributed by atoms with van der Waals surface area (Å²) in [6.07, 6.45) is 2.83. The molecule has 3 amide bonds. The van der Waals surface area contributed by atoms with E-state index in [-0.39, 0.29) is 17.6 Å². The molecule has 0 unspecified atom stereocenters. The first-order valence-electron chi connectivity index (χ1n) is 7.58. The fraction of sp³-hybridized carbons (Fsp3) is 0.176. The normalized spacial score (nSPS) is 16.3. The first-order valence-corrected chi connectivity index (χ1v) is 7.58. The fourth-order valence-corrected chi connectivity index (χ4v) is 2.58. The maximum Gasteiger partial charge on any atom is 0.330 e. The quantitative estimate of drug-likeness (QED) is 0.738. The lowest BCUT2D eigenvalue weighted by Crippen LogP contribution is -2.40. The molecule has 4 rings (SSSR count). The van der Waals surface area contributed by atoms with Gasteiger partial charge in [-0.3, -0.25) is 4.79 Å². The van der Waals surface area contributed by atoms with Crippen LogP contribution in [0, 0.1) is 0 Å². The second-order valence-corrected chi connectivity index (χ2v) is 6.13. The van der Waals surface area contributed by atoms with Crippen LogP contribution in [0.15, 0.2) is 47.3 Å². The Morgan fingerprint density at radius 3 is 2.76 bits per heavy atom. The number of hydrogen-bond acceptors (Lipinski definition) is 6. The highest BCUT2D eigenvalue weighted by molar-refractivity contribution is 6.22. The molecule has 126 valence electrons. The van der Waals surface area contributed by atoms with Crippen molar-refractivity contribution in [1.82, 2.24) is 15.3 Å². The molecule has 0 spiro atoms. The second-order valence-electron chi connectivity index (χ2n) is 6.13. The molecule has 0 bridgehead atoms. The predicted molar refractivity (Wildman–Crippen MR) is 88.4 cm³/mol. The lowest BCUT2D eigenvalue weighted by Gasteiger charge is -2.15. The largest absolute Gasteiger partial charge is 0.464 e. The van der Waals surface area contributed by atoms with Gasteiger partial charge in [0.05, 0.1) is 6.26 Å². The van der Waals surface area contributed by atoms with Crippen LogP contribution >= 0.6 is 0 Å². The lowest BCUT2D eigenvalue weighted by atomic mass is 10.1. The molecule has 3 heterocycles. The first kappa shape index (κ1) is 15.1. The number of nitrogens with zero attached hydrogens (tertiary/aromatic N) is 3. The van der Waals surface area contributed by atoms with E-state index in [1.54, 1.807) is 32.2 Å². The smallest absolute Gasteiger partial charge is 0.330 e. The maximum atomic E-state index is 12.4. The number of anilines is 1. The van der Waals surface area contributed by atoms with Crippen LogP contribution in [-0.2, 0) is 4.79 Å². The van der Waals surface area contributed by atoms with E-state index in [2.05, 4.69) is 15.3 Å². The van der Waals surface area contributed by atoms with Crippen molar-refractivity contribution in [1.29, 1.82) is 0 Å². The van der Waals surface area contributed by atoms with Crippen LogP contribution in [0.2, 0.25) is 0 Å². The number of hydrogen-bond donors (Lipinski definition) is 1. The van der Waals surface area contributed by atoms with Crippen LogP contribution in [-0.4, -0.2) is 27.4 Å². The highest BCUT2D eigenvalue weighted by atomic mass is 16.5. The molecule has 2 aromatic heterocycles. The minimum Gasteiger partial charge on any atom is -0.464 e. The lowest BCUT2D eigenvalue weighted by molar-refractivity contribution is -0.121. The van der Waals surface area contributed by atoms with E-state index < -0.39 is 11.6 Å². The molecule has 8 nitrogen and oxygen atoms in total. The van der Waals surface area contributed by atoms with Gasteiger partial charge in [-0.15, -0.1) is 0 Å². The molecule has 1 aliphatic heterocycles. The van der Waals surface area contributed by atoms with Gasteiger partial charge in [-0.2, -0.15) is 0 Å². The van der Waals surface area contributed by atoms with Crippen molar-refractivity contribution in [3.63, 3.8) is 0 Å². The minimum atomic E-state index is -0.979. The number of carbonyl (C=O) groups excluding carboxylic acids is 2. The molecule has 0 radical (unpaired) electrons. The zero-order valence-corrected chi connectivity index (χ0v) is 13.5. The highest BCUT2D eigenvalue weighted by Crippen LogP contribution is 2.28. The summed E-state index contributed by atoms with van der Waals surface area (Å²) in [5.74, 6) is 0.488. The van der Waals surface area contributed by atoms with Crippen LogP contribution in [0.25, 0.3) is 11.0 Å². The van der Waals surface area contributed by atoms with E-state index in [4.69, 9.17) is 9.15 Å². The Bertz CT molecular complexity index is 995. The number of rotatable bonds is 3. The molecule has 1 fully saturated rings. The number of urea groups is 1. The Morgan fingerprint density at radius 2 is 2.00 bits per heavy atom. The zero-order chi connectivity index (χ0) is 17.6. The molecule has 1 aliphatic rings. The Kier molecular flexibility index (Phi) is 3.21. The molecule has 8 heteroatoms. The van der Waals surface area contributed by atoms with Gasteiger partial charge < -0.3 is 14.5 Å². The minimum absolute atomic E-state index is 0.150. The number of ether oxygens (including phenoxy) is 1. The van der Waals surface area contributed by atoms with E-state index in [0.29, 0.717) is 11.3 Å². The van der Waals surface area contributed by atoms with Gasteiger partial charge in [0.1, 0.15) is 23.2 Å². The Morgan fingerprint density at radius 1 is 1.16 bits per heavy atom. The van der Waals surface area contributed by atoms with Crippen LogP contribution in [0.3, 0.4) is 0 Å². The number of furan rings is 1. The molecule has 25 heavy (non-hydrogen) atoms. The zero-order valence-electron chi connectivity index (χ0n) is 13.5. The third-order valence-electron chi connectivity index (χ3n) is 3.87. The maximum absolute atomic E-state index is 12.4. The second kappa shape index (κ2) is 5.30. The van der Waals surface area contributed by atoms with E-state index in [1.165, 1.54) is 12.4 Å². The van der Waals surface area contributed by atoms with Gasteiger partial charge in [-0.1, -0.05) is 0 Å². The van der Waals surface area contributed by atoms with Gasteiger partial charge >= 0.3 is 6.03 Å². The average molecular weight is 338 g/mol. The number of nitrogens with one attached hydrogen (secondary N) is 1. The van der Waals surface area contributed by atoms with E-state index >= 15 is 0 Å². The van der Waals surface area contributed by atoms with Crippen molar-refractivity contribution in [3.8, 4) is 11.6 Å². The standard InChI is InChI=1S/C17H14N4O4/c1-17(2)15(22)21(16(23)20-17)13-8-14(19-9-18-13)25-11-4-3-10-5-6-24-12(10)7-11/h3-9H,1-2H3,(H,20,23). The van der Waals surface area contributed by atoms with Gasteiger partial charge in [0, 0.05) is 17.5 Å². The fourth-order valence-electron chi connectivity index (χ4n) is 2.58. The van der Waals surface area contributed by atoms with E-state index in [1.807, 2.05) is 12.1 Å². The Hall–Kier alpha value is -3.42. The molecule has 0 aliphatic carbocycles. The first-order chi connectivity index (χ1) is 11.9. The summed E-state index contributed by atoms with van der Waals surface area (Å²) in [5, 5.41) is 3.56. The summed E-state index contributed by atoms with van der Waals surface area (Å²) in [4.78, 5) is 33.4. The van der Waals surface area contributed by atoms with Crippen LogP contribution < -0.4 is 15.0 Å². The molecule has 1 aromatic carbocycles. The number of aromatic nitrogens is 2. The molecular weight excluding hydrogens is 324 g/mol. The average Bonchev–Trinajstić information content (AvgIpc) is 3.09.